The molecule has 0 radical (unpaired) electrons. The number of piperidine rings is 1. The number of likely N-dealkylation sites (tertiary alicyclic amines) is 1. The first-order valence-electron chi connectivity index (χ1n) is 8.21. The molecule has 1 fully saturated rings. The summed E-state index contributed by atoms with van der Waals surface area (Å²) in [6, 6.07) is 1.67. The topological polar surface area (TPSA) is 68.3 Å². The first-order valence-corrected chi connectivity index (χ1v) is 9.02. The van der Waals surface area contributed by atoms with Crippen LogP contribution in [0.2, 0.25) is 0 Å². The molecule has 1 aliphatic rings. The first kappa shape index (κ1) is 15.5. The number of fused-ring (bicyclic) bond motifs is 1. The van der Waals surface area contributed by atoms with Crippen molar-refractivity contribution in [2.45, 2.75) is 32.9 Å². The molecule has 0 N–H and O–H groups in total. The van der Waals surface area contributed by atoms with Crippen LogP contribution in [0.4, 0.5) is 0 Å². The van der Waals surface area contributed by atoms with Gasteiger partial charge in [0.25, 0.3) is 5.56 Å². The van der Waals surface area contributed by atoms with Gasteiger partial charge in [0.1, 0.15) is 12.7 Å². The van der Waals surface area contributed by atoms with Gasteiger partial charge in [0.15, 0.2) is 4.96 Å². The molecule has 0 unspecified atom stereocenters. The van der Waals surface area contributed by atoms with E-state index in [0.29, 0.717) is 5.92 Å². The molecule has 3 aromatic heterocycles. The van der Waals surface area contributed by atoms with Crippen molar-refractivity contribution in [1.29, 1.82) is 0 Å². The van der Waals surface area contributed by atoms with Crippen molar-refractivity contribution >= 4 is 16.3 Å². The zero-order chi connectivity index (χ0) is 16.5. The maximum atomic E-state index is 12.2. The predicted molar refractivity (Wildman–Crippen MR) is 92.1 cm³/mol. The van der Waals surface area contributed by atoms with Crippen molar-refractivity contribution < 1.29 is 0 Å². The van der Waals surface area contributed by atoms with Crippen LogP contribution in [-0.2, 0) is 13.1 Å². The van der Waals surface area contributed by atoms with E-state index in [1.807, 2.05) is 17.8 Å². The van der Waals surface area contributed by atoms with E-state index in [4.69, 9.17) is 0 Å². The third-order valence-corrected chi connectivity index (χ3v) is 5.44. The number of rotatable bonds is 4. The van der Waals surface area contributed by atoms with Gasteiger partial charge in [0.2, 0.25) is 0 Å². The molecule has 24 heavy (non-hydrogen) atoms. The molecule has 4 heterocycles. The van der Waals surface area contributed by atoms with Crippen LogP contribution in [0, 0.1) is 12.8 Å². The number of nitrogens with zero attached hydrogens (tertiary/aromatic N) is 6. The van der Waals surface area contributed by atoms with Crippen molar-refractivity contribution in [2.75, 3.05) is 13.1 Å². The Kier molecular flexibility index (Phi) is 4.15. The molecular formula is C16H20N6OS. The standard InChI is InChI=1S/C16H20N6OS/c1-12-7-22-15(23)6-14(19-16(22)24-12)9-20-4-2-13(3-5-20)8-21-11-17-10-18-21/h6-7,10-11,13H,2-5,8-9H2,1H3. The average Bonchev–Trinajstić information content (AvgIpc) is 3.18. The Morgan fingerprint density at radius 1 is 1.33 bits per heavy atom. The minimum absolute atomic E-state index is 0.0143. The van der Waals surface area contributed by atoms with Gasteiger partial charge in [-0.2, -0.15) is 5.10 Å². The number of hydrogen-bond donors (Lipinski definition) is 0. The maximum Gasteiger partial charge on any atom is 0.258 e. The molecule has 1 aliphatic heterocycles. The van der Waals surface area contributed by atoms with Crippen molar-refractivity contribution in [3.63, 3.8) is 0 Å². The largest absolute Gasteiger partial charge is 0.297 e. The molecule has 8 heteroatoms. The monoisotopic (exact) mass is 344 g/mol. The smallest absolute Gasteiger partial charge is 0.258 e. The molecule has 0 aromatic carbocycles. The molecule has 3 aromatic rings. The highest BCUT2D eigenvalue weighted by molar-refractivity contribution is 7.16. The average molecular weight is 344 g/mol. The molecule has 4 rings (SSSR count). The fourth-order valence-electron chi connectivity index (χ4n) is 3.29. The number of aryl methyl sites for hydroxylation is 1. The number of aromatic nitrogens is 5. The molecule has 0 saturated carbocycles. The lowest BCUT2D eigenvalue weighted by molar-refractivity contribution is 0.163. The Labute approximate surface area is 143 Å². The Hall–Kier alpha value is -2.06. The summed E-state index contributed by atoms with van der Waals surface area (Å²) in [5, 5.41) is 4.18. The van der Waals surface area contributed by atoms with Crippen LogP contribution in [0.3, 0.4) is 0 Å². The fraction of sp³-hybridized carbons (Fsp3) is 0.500. The van der Waals surface area contributed by atoms with Crippen molar-refractivity contribution in [3.05, 3.63) is 45.8 Å². The summed E-state index contributed by atoms with van der Waals surface area (Å²) in [5.74, 6) is 0.643. The molecule has 0 amide bonds. The van der Waals surface area contributed by atoms with Gasteiger partial charge in [-0.3, -0.25) is 18.8 Å². The lowest BCUT2D eigenvalue weighted by atomic mass is 9.97. The third kappa shape index (κ3) is 3.25. The van der Waals surface area contributed by atoms with Gasteiger partial charge in [-0.15, -0.1) is 11.3 Å². The highest BCUT2D eigenvalue weighted by Crippen LogP contribution is 2.20. The van der Waals surface area contributed by atoms with Gasteiger partial charge in [-0.25, -0.2) is 9.97 Å². The van der Waals surface area contributed by atoms with Crippen LogP contribution in [0.5, 0.6) is 0 Å². The first-order chi connectivity index (χ1) is 11.7. The Morgan fingerprint density at radius 3 is 2.92 bits per heavy atom. The summed E-state index contributed by atoms with van der Waals surface area (Å²) in [6.07, 6.45) is 7.50. The number of thiazole rings is 1. The quantitative estimate of drug-likeness (QED) is 0.719. The summed E-state index contributed by atoms with van der Waals surface area (Å²) in [5.41, 5.74) is 0.886. The SMILES string of the molecule is Cc1cn2c(=O)cc(CN3CCC(Cn4cncn4)CC3)nc2s1. The summed E-state index contributed by atoms with van der Waals surface area (Å²) >= 11 is 1.56. The normalized spacial score (nSPS) is 16.9. The molecule has 0 bridgehead atoms. The number of hydrogen-bond acceptors (Lipinski definition) is 6. The molecule has 0 aliphatic carbocycles. The van der Waals surface area contributed by atoms with Crippen LogP contribution in [0.1, 0.15) is 23.4 Å². The lowest BCUT2D eigenvalue weighted by Crippen LogP contribution is -2.35. The summed E-state index contributed by atoms with van der Waals surface area (Å²) < 4.78 is 3.55. The van der Waals surface area contributed by atoms with Gasteiger partial charge >= 0.3 is 0 Å². The van der Waals surface area contributed by atoms with Crippen LogP contribution in [-0.4, -0.2) is 42.1 Å². The van der Waals surface area contributed by atoms with E-state index in [1.54, 1.807) is 34.5 Å². The zero-order valence-corrected chi connectivity index (χ0v) is 14.4. The zero-order valence-electron chi connectivity index (χ0n) is 13.6. The third-order valence-electron chi connectivity index (χ3n) is 4.54. The van der Waals surface area contributed by atoms with E-state index >= 15 is 0 Å². The van der Waals surface area contributed by atoms with Crippen LogP contribution >= 0.6 is 11.3 Å². The molecule has 0 atom stereocenters. The van der Waals surface area contributed by atoms with Gasteiger partial charge < -0.3 is 0 Å². The van der Waals surface area contributed by atoms with E-state index in [9.17, 15) is 4.79 Å². The summed E-state index contributed by atoms with van der Waals surface area (Å²) in [4.78, 5) is 25.1. The fourth-order valence-corrected chi connectivity index (χ4v) is 4.14. The second kappa shape index (κ2) is 6.45. The van der Waals surface area contributed by atoms with E-state index in [0.717, 1.165) is 54.6 Å². The van der Waals surface area contributed by atoms with E-state index in [1.165, 1.54) is 0 Å². The van der Waals surface area contributed by atoms with E-state index < -0.39 is 0 Å². The van der Waals surface area contributed by atoms with Gasteiger partial charge in [-0.05, 0) is 38.8 Å². The van der Waals surface area contributed by atoms with E-state index in [-0.39, 0.29) is 5.56 Å². The molecule has 126 valence electrons. The van der Waals surface area contributed by atoms with Gasteiger partial charge in [-0.1, -0.05) is 0 Å². The van der Waals surface area contributed by atoms with Crippen molar-refractivity contribution in [1.82, 2.24) is 29.0 Å². The second-order valence-corrected chi connectivity index (χ2v) is 7.63. The maximum absolute atomic E-state index is 12.2. The Bertz CT molecular complexity index is 876. The van der Waals surface area contributed by atoms with Crippen LogP contribution in [0.15, 0.2) is 29.7 Å². The van der Waals surface area contributed by atoms with Crippen molar-refractivity contribution in [3.8, 4) is 0 Å². The highest BCUT2D eigenvalue weighted by Gasteiger charge is 2.20. The molecular weight excluding hydrogens is 324 g/mol. The van der Waals surface area contributed by atoms with Crippen molar-refractivity contribution in [2.24, 2.45) is 5.92 Å². The Balaban J connectivity index is 1.39. The molecule has 7 nitrogen and oxygen atoms in total. The van der Waals surface area contributed by atoms with Gasteiger partial charge in [0.05, 0.1) is 5.69 Å². The van der Waals surface area contributed by atoms with E-state index in [2.05, 4.69) is 20.0 Å². The minimum Gasteiger partial charge on any atom is -0.297 e. The second-order valence-electron chi connectivity index (χ2n) is 6.42. The Morgan fingerprint density at radius 2 is 2.17 bits per heavy atom. The molecule has 0 spiro atoms. The molecule has 1 saturated heterocycles. The minimum atomic E-state index is 0.0143. The lowest BCUT2D eigenvalue weighted by Gasteiger charge is -2.31. The highest BCUT2D eigenvalue weighted by atomic mass is 32.1. The predicted octanol–water partition coefficient (Wildman–Crippen LogP) is 1.57. The van der Waals surface area contributed by atoms with Crippen LogP contribution < -0.4 is 5.56 Å². The summed E-state index contributed by atoms with van der Waals surface area (Å²) in [7, 11) is 0. The van der Waals surface area contributed by atoms with Crippen LogP contribution in [0.25, 0.3) is 4.96 Å². The summed E-state index contributed by atoms with van der Waals surface area (Å²) in [6.45, 7) is 5.75. The van der Waals surface area contributed by atoms with Gasteiger partial charge in [0, 0.05) is 30.2 Å².